The Morgan fingerprint density at radius 3 is 2.28 bits per heavy atom. The predicted octanol–water partition coefficient (Wildman–Crippen LogP) is 6.81. The zero-order valence-electron chi connectivity index (χ0n) is 25.6. The molecule has 5 nitrogen and oxygen atoms in total. The molecule has 0 aromatic carbocycles. The van der Waals surface area contributed by atoms with Gasteiger partial charge in [0.05, 0.1) is 5.57 Å². The molecule has 1 amide bonds. The molecule has 5 rings (SSSR count). The van der Waals surface area contributed by atoms with Crippen molar-refractivity contribution < 1.29 is 14.4 Å². The van der Waals surface area contributed by atoms with Crippen molar-refractivity contribution in [3.8, 4) is 6.07 Å². The Morgan fingerprint density at radius 1 is 0.974 bits per heavy atom. The van der Waals surface area contributed by atoms with Crippen LogP contribution in [0.1, 0.15) is 113 Å². The maximum Gasteiger partial charge on any atom is 0.220 e. The molecule has 5 aliphatic rings. The number of hydrogen-bond acceptors (Lipinski definition) is 4. The largest absolute Gasteiger partial charge is 0.356 e. The van der Waals surface area contributed by atoms with Gasteiger partial charge in [0.25, 0.3) is 0 Å². The molecule has 39 heavy (non-hydrogen) atoms. The highest BCUT2D eigenvalue weighted by molar-refractivity contribution is 6.04. The van der Waals surface area contributed by atoms with Crippen LogP contribution in [0.15, 0.2) is 11.6 Å². The Kier molecular flexibility index (Phi) is 6.42. The van der Waals surface area contributed by atoms with E-state index in [0.717, 1.165) is 44.9 Å². The molecule has 8 atom stereocenters. The number of Topliss-reactive ketones (excluding diaryl/α,β-unsaturated/α-hetero) is 2. The minimum absolute atomic E-state index is 0.0421. The number of nitrogens with one attached hydrogen (secondary N) is 1. The lowest BCUT2D eigenvalue weighted by Gasteiger charge is -2.72. The van der Waals surface area contributed by atoms with Gasteiger partial charge < -0.3 is 5.32 Å². The van der Waals surface area contributed by atoms with Gasteiger partial charge in [0, 0.05) is 30.7 Å². The molecule has 0 aromatic heterocycles. The first-order valence-corrected chi connectivity index (χ1v) is 15.5. The number of carbonyl (C=O) groups excluding carboxylic acids is 3. The zero-order valence-corrected chi connectivity index (χ0v) is 25.6. The summed E-state index contributed by atoms with van der Waals surface area (Å²) in [5.41, 5.74) is -0.903. The fourth-order valence-electron chi connectivity index (χ4n) is 11.3. The normalized spacial score (nSPS) is 46.0. The van der Waals surface area contributed by atoms with Crippen molar-refractivity contribution in [1.29, 1.82) is 5.26 Å². The number of carbonyl (C=O) groups is 3. The van der Waals surface area contributed by atoms with Gasteiger partial charge >= 0.3 is 0 Å². The summed E-state index contributed by atoms with van der Waals surface area (Å²) in [6.07, 6.45) is 10.1. The number of nitriles is 1. The van der Waals surface area contributed by atoms with E-state index in [1.54, 1.807) is 0 Å². The average Bonchev–Trinajstić information content (AvgIpc) is 2.84. The van der Waals surface area contributed by atoms with E-state index in [1.807, 2.05) is 26.8 Å². The molecule has 0 heterocycles. The molecule has 1 N–H and O–H groups in total. The van der Waals surface area contributed by atoms with Gasteiger partial charge in [-0.15, -0.1) is 0 Å². The van der Waals surface area contributed by atoms with Crippen LogP contribution in [0.4, 0.5) is 0 Å². The van der Waals surface area contributed by atoms with Crippen molar-refractivity contribution in [2.45, 2.75) is 113 Å². The van der Waals surface area contributed by atoms with Gasteiger partial charge in [0.2, 0.25) is 5.91 Å². The highest BCUT2D eigenvalue weighted by Gasteiger charge is 2.72. The molecule has 0 radical (unpaired) electrons. The van der Waals surface area contributed by atoms with Crippen LogP contribution < -0.4 is 5.32 Å². The van der Waals surface area contributed by atoms with Crippen molar-refractivity contribution >= 4 is 17.5 Å². The van der Waals surface area contributed by atoms with E-state index in [0.29, 0.717) is 25.2 Å². The smallest absolute Gasteiger partial charge is 0.220 e. The summed E-state index contributed by atoms with van der Waals surface area (Å²) in [4.78, 5) is 40.9. The molecule has 214 valence electrons. The molecule has 5 aliphatic carbocycles. The Labute approximate surface area is 235 Å². The van der Waals surface area contributed by atoms with Crippen molar-refractivity contribution in [3.63, 3.8) is 0 Å². The highest BCUT2D eigenvalue weighted by Crippen LogP contribution is 2.76. The topological polar surface area (TPSA) is 87.0 Å². The molecule has 4 fully saturated rings. The number of fused-ring (bicyclic) bond motifs is 7. The maximum absolute atomic E-state index is 14.6. The average molecular weight is 535 g/mol. The molecule has 0 spiro atoms. The summed E-state index contributed by atoms with van der Waals surface area (Å²) in [7, 11) is 0. The third-order valence-electron chi connectivity index (χ3n) is 13.5. The second-order valence-corrected chi connectivity index (χ2v) is 16.2. The summed E-state index contributed by atoms with van der Waals surface area (Å²) < 4.78 is 0. The van der Waals surface area contributed by atoms with Gasteiger partial charge in [0.1, 0.15) is 11.9 Å². The van der Waals surface area contributed by atoms with Crippen LogP contribution in [0, 0.1) is 67.5 Å². The summed E-state index contributed by atoms with van der Waals surface area (Å²) in [6.45, 7) is 18.4. The highest BCUT2D eigenvalue weighted by atomic mass is 16.2. The Hall–Kier alpha value is -1.96. The number of rotatable bonds is 3. The lowest BCUT2D eigenvalue weighted by molar-refractivity contribution is -0.223. The maximum atomic E-state index is 14.6. The fraction of sp³-hybridized carbons (Fsp3) is 0.824. The first-order valence-electron chi connectivity index (χ1n) is 15.5. The molecule has 0 bridgehead atoms. The van der Waals surface area contributed by atoms with Gasteiger partial charge in [-0.05, 0) is 96.7 Å². The quantitative estimate of drug-likeness (QED) is 0.431. The lowest BCUT2D eigenvalue weighted by atomic mass is 9.31. The molecule has 0 aliphatic heterocycles. The summed E-state index contributed by atoms with van der Waals surface area (Å²) in [5.74, 6) is 0.850. The Bertz CT molecular complexity index is 1180. The first kappa shape index (κ1) is 28.6. The van der Waals surface area contributed by atoms with Crippen LogP contribution in [-0.2, 0) is 14.4 Å². The number of amides is 1. The van der Waals surface area contributed by atoms with E-state index in [-0.39, 0.29) is 68.0 Å². The second-order valence-electron chi connectivity index (χ2n) is 16.2. The third-order valence-corrected chi connectivity index (χ3v) is 13.5. The first-order chi connectivity index (χ1) is 18.0. The van der Waals surface area contributed by atoms with Crippen LogP contribution in [0.3, 0.4) is 0 Å². The monoisotopic (exact) mass is 534 g/mol. The molecule has 8 unspecified atom stereocenters. The number of hydrogen-bond donors (Lipinski definition) is 1. The van der Waals surface area contributed by atoms with E-state index in [4.69, 9.17) is 0 Å². The van der Waals surface area contributed by atoms with E-state index in [2.05, 4.69) is 46.0 Å². The molecule has 0 aromatic rings. The van der Waals surface area contributed by atoms with Crippen LogP contribution in [0.2, 0.25) is 0 Å². The number of ketones is 2. The van der Waals surface area contributed by atoms with Crippen LogP contribution >= 0.6 is 0 Å². The Balaban J connectivity index is 1.60. The number of allylic oxidation sites excluding steroid dienone is 2. The van der Waals surface area contributed by atoms with Crippen molar-refractivity contribution in [1.82, 2.24) is 5.32 Å². The van der Waals surface area contributed by atoms with E-state index < -0.39 is 5.41 Å². The molecule has 4 saturated carbocycles. The van der Waals surface area contributed by atoms with E-state index >= 15 is 0 Å². The molecule has 5 heteroatoms. The summed E-state index contributed by atoms with van der Waals surface area (Å²) >= 11 is 0. The van der Waals surface area contributed by atoms with Crippen molar-refractivity contribution in [3.05, 3.63) is 11.6 Å². The van der Waals surface area contributed by atoms with Gasteiger partial charge in [-0.25, -0.2) is 0 Å². The SMILES string of the molecule is CCNC(=O)CC12CCC(C)(C)CC1C1C(=O)CC3C4(C)C=C(C#N)C(=O)C(C)(C)C4CCC3(C)C1(C)CC2. The minimum Gasteiger partial charge on any atom is -0.356 e. The van der Waals surface area contributed by atoms with E-state index in [1.165, 1.54) is 0 Å². The summed E-state index contributed by atoms with van der Waals surface area (Å²) in [6, 6.07) is 2.22. The van der Waals surface area contributed by atoms with E-state index in [9.17, 15) is 19.6 Å². The minimum atomic E-state index is -0.613. The van der Waals surface area contributed by atoms with Crippen LogP contribution in [-0.4, -0.2) is 24.0 Å². The van der Waals surface area contributed by atoms with Gasteiger partial charge in [-0.1, -0.05) is 54.5 Å². The van der Waals surface area contributed by atoms with Crippen molar-refractivity contribution in [2.75, 3.05) is 6.54 Å². The van der Waals surface area contributed by atoms with Gasteiger partial charge in [-0.2, -0.15) is 5.26 Å². The molecular formula is C34H50N2O3. The molecule has 0 saturated heterocycles. The van der Waals surface area contributed by atoms with Crippen LogP contribution in [0.5, 0.6) is 0 Å². The lowest BCUT2D eigenvalue weighted by Crippen LogP contribution is -2.68. The standard InChI is InChI=1S/C34H50N2O3/c1-9-36-26(38)19-34-14-12-29(2,3)18-22(34)27-23(37)16-25-31(6)17-21(20-35)28(39)30(4,5)24(31)10-11-32(25,7)33(27,8)13-15-34/h17,22,24-25,27H,9-16,18-19H2,1-8H3,(H,36,38). The summed E-state index contributed by atoms with van der Waals surface area (Å²) in [5, 5.41) is 13.0. The van der Waals surface area contributed by atoms with Crippen LogP contribution in [0.25, 0.3) is 0 Å². The van der Waals surface area contributed by atoms with Crippen molar-refractivity contribution in [2.24, 2.45) is 56.2 Å². The second kappa shape index (κ2) is 8.77. The van der Waals surface area contributed by atoms with Gasteiger partial charge in [0.15, 0.2) is 5.78 Å². The third kappa shape index (κ3) is 3.78. The molecular weight excluding hydrogens is 484 g/mol. The van der Waals surface area contributed by atoms with Gasteiger partial charge in [-0.3, -0.25) is 14.4 Å². The number of nitrogens with zero attached hydrogens (tertiary/aromatic N) is 1. The predicted molar refractivity (Wildman–Crippen MR) is 152 cm³/mol. The zero-order chi connectivity index (χ0) is 28.8. The Morgan fingerprint density at radius 2 is 1.64 bits per heavy atom. The fourth-order valence-corrected chi connectivity index (χ4v) is 11.3.